The lowest BCUT2D eigenvalue weighted by Gasteiger charge is -2.20. The van der Waals surface area contributed by atoms with Gasteiger partial charge in [-0.05, 0) is 51.2 Å². The molecule has 0 aromatic carbocycles. The second-order valence-electron chi connectivity index (χ2n) is 6.61. The van der Waals surface area contributed by atoms with Crippen molar-refractivity contribution in [1.29, 1.82) is 0 Å². The summed E-state index contributed by atoms with van der Waals surface area (Å²) in [6.07, 6.45) is 4.71. The van der Waals surface area contributed by atoms with E-state index in [-0.39, 0.29) is 12.4 Å². The molecule has 110 valence electrons. The number of rotatable bonds is 5. The van der Waals surface area contributed by atoms with Crippen LogP contribution in [0, 0.1) is 5.92 Å². The van der Waals surface area contributed by atoms with Gasteiger partial charge in [0.15, 0.2) is 0 Å². The first kappa shape index (κ1) is 14.8. The van der Waals surface area contributed by atoms with Crippen molar-refractivity contribution in [3.05, 3.63) is 23.9 Å². The zero-order valence-electron chi connectivity index (χ0n) is 12.8. The monoisotopic (exact) mass is 276 g/mol. The molecule has 20 heavy (non-hydrogen) atoms. The van der Waals surface area contributed by atoms with E-state index in [0.29, 0.717) is 0 Å². The molecule has 1 fully saturated rings. The summed E-state index contributed by atoms with van der Waals surface area (Å²) in [5.41, 5.74) is 0.456. The van der Waals surface area contributed by atoms with Gasteiger partial charge < -0.3 is 9.64 Å². The van der Waals surface area contributed by atoms with Gasteiger partial charge in [0.2, 0.25) is 0 Å². The van der Waals surface area contributed by atoms with Crippen molar-refractivity contribution in [3.63, 3.8) is 0 Å². The van der Waals surface area contributed by atoms with Crippen LogP contribution in [-0.2, 0) is 16.0 Å². The summed E-state index contributed by atoms with van der Waals surface area (Å²) in [4.78, 5) is 18.3. The van der Waals surface area contributed by atoms with E-state index in [9.17, 15) is 4.79 Å². The zero-order valence-corrected chi connectivity index (χ0v) is 12.8. The van der Waals surface area contributed by atoms with Crippen LogP contribution in [0.1, 0.15) is 39.2 Å². The second kappa shape index (κ2) is 5.81. The van der Waals surface area contributed by atoms with Gasteiger partial charge in [0.25, 0.3) is 0 Å². The normalized spacial score (nSPS) is 15.0. The highest BCUT2D eigenvalue weighted by Gasteiger charge is 2.23. The Morgan fingerprint density at radius 3 is 2.60 bits per heavy atom. The van der Waals surface area contributed by atoms with Crippen LogP contribution in [0.25, 0.3) is 0 Å². The van der Waals surface area contributed by atoms with Crippen LogP contribution < -0.4 is 4.90 Å². The van der Waals surface area contributed by atoms with Gasteiger partial charge in [-0.1, -0.05) is 6.07 Å². The van der Waals surface area contributed by atoms with Gasteiger partial charge in [0.05, 0.1) is 6.42 Å². The minimum absolute atomic E-state index is 0.210. The van der Waals surface area contributed by atoms with E-state index in [1.165, 1.54) is 12.8 Å². The van der Waals surface area contributed by atoms with E-state index >= 15 is 0 Å². The number of esters is 1. The molecular weight excluding hydrogens is 252 g/mol. The predicted molar refractivity (Wildman–Crippen MR) is 79.8 cm³/mol. The van der Waals surface area contributed by atoms with Crippen molar-refractivity contribution in [3.8, 4) is 0 Å². The molecule has 0 bridgehead atoms. The molecule has 1 aromatic rings. The maximum atomic E-state index is 11.7. The smallest absolute Gasteiger partial charge is 0.310 e. The van der Waals surface area contributed by atoms with E-state index in [0.717, 1.165) is 23.8 Å². The lowest BCUT2D eigenvalue weighted by Crippen LogP contribution is -2.25. The van der Waals surface area contributed by atoms with E-state index in [2.05, 4.69) is 16.9 Å². The van der Waals surface area contributed by atoms with Crippen molar-refractivity contribution in [2.24, 2.45) is 5.92 Å². The third kappa shape index (κ3) is 4.83. The molecule has 0 unspecified atom stereocenters. The highest BCUT2D eigenvalue weighted by Crippen LogP contribution is 2.30. The first-order chi connectivity index (χ1) is 9.33. The van der Waals surface area contributed by atoms with Gasteiger partial charge in [0.1, 0.15) is 11.4 Å². The van der Waals surface area contributed by atoms with Crippen LogP contribution in [0.2, 0.25) is 0 Å². The molecule has 1 heterocycles. The average molecular weight is 276 g/mol. The highest BCUT2D eigenvalue weighted by molar-refractivity contribution is 5.73. The summed E-state index contributed by atoms with van der Waals surface area (Å²) >= 11 is 0. The number of nitrogens with zero attached hydrogens (tertiary/aromatic N) is 2. The first-order valence-electron chi connectivity index (χ1n) is 7.21. The molecule has 0 atom stereocenters. The third-order valence-electron chi connectivity index (χ3n) is 3.20. The Labute approximate surface area is 121 Å². The topological polar surface area (TPSA) is 42.4 Å². The van der Waals surface area contributed by atoms with Crippen LogP contribution in [-0.4, -0.2) is 30.1 Å². The molecule has 0 radical (unpaired) electrons. The van der Waals surface area contributed by atoms with E-state index < -0.39 is 5.60 Å². The van der Waals surface area contributed by atoms with E-state index in [1.807, 2.05) is 32.9 Å². The fourth-order valence-electron chi connectivity index (χ4n) is 2.07. The first-order valence-corrected chi connectivity index (χ1v) is 7.21. The summed E-state index contributed by atoms with van der Waals surface area (Å²) in [6, 6.07) is 3.93. The fraction of sp³-hybridized carbons (Fsp3) is 0.625. The Morgan fingerprint density at radius 1 is 1.40 bits per heavy atom. The summed E-state index contributed by atoms with van der Waals surface area (Å²) in [5.74, 6) is 1.59. The number of ether oxygens (including phenoxy) is 1. The summed E-state index contributed by atoms with van der Waals surface area (Å²) in [7, 11) is 2.06. The van der Waals surface area contributed by atoms with E-state index in [1.54, 1.807) is 6.20 Å². The summed E-state index contributed by atoms with van der Waals surface area (Å²) < 4.78 is 5.30. The summed E-state index contributed by atoms with van der Waals surface area (Å²) in [5, 5.41) is 0. The number of aromatic nitrogens is 1. The lowest BCUT2D eigenvalue weighted by atomic mass is 10.1. The van der Waals surface area contributed by atoms with Crippen LogP contribution in [0.5, 0.6) is 0 Å². The molecule has 2 rings (SSSR count). The molecule has 0 amide bonds. The Kier molecular flexibility index (Phi) is 4.31. The number of carbonyl (C=O) groups is 1. The number of carbonyl (C=O) groups excluding carboxylic acids is 1. The van der Waals surface area contributed by atoms with Crippen LogP contribution in [0.4, 0.5) is 5.82 Å². The third-order valence-corrected chi connectivity index (χ3v) is 3.20. The summed E-state index contributed by atoms with van der Waals surface area (Å²) in [6.45, 7) is 6.69. The zero-order chi connectivity index (χ0) is 14.8. The maximum Gasteiger partial charge on any atom is 0.310 e. The largest absolute Gasteiger partial charge is 0.460 e. The van der Waals surface area contributed by atoms with Gasteiger partial charge in [-0.2, -0.15) is 0 Å². The van der Waals surface area contributed by atoms with Crippen molar-refractivity contribution >= 4 is 11.8 Å². The molecule has 1 aliphatic rings. The van der Waals surface area contributed by atoms with Crippen LogP contribution >= 0.6 is 0 Å². The number of hydrogen-bond acceptors (Lipinski definition) is 4. The van der Waals surface area contributed by atoms with Crippen molar-refractivity contribution in [2.45, 2.75) is 45.6 Å². The minimum atomic E-state index is -0.436. The minimum Gasteiger partial charge on any atom is -0.460 e. The SMILES string of the molecule is CN(CC1CC1)c1ccc(CC(=O)OC(C)(C)C)cn1. The molecule has 0 saturated heterocycles. The predicted octanol–water partition coefficient (Wildman–Crippen LogP) is 2.81. The van der Waals surface area contributed by atoms with Gasteiger partial charge >= 0.3 is 5.97 Å². The molecule has 4 nitrogen and oxygen atoms in total. The molecule has 1 aromatic heterocycles. The molecule has 0 spiro atoms. The van der Waals surface area contributed by atoms with Crippen molar-refractivity contribution in [2.75, 3.05) is 18.5 Å². The van der Waals surface area contributed by atoms with Crippen molar-refractivity contribution in [1.82, 2.24) is 4.98 Å². The Balaban J connectivity index is 1.88. The Bertz CT molecular complexity index is 458. The Hall–Kier alpha value is -1.58. The van der Waals surface area contributed by atoms with Gasteiger partial charge in [0, 0.05) is 19.8 Å². The molecule has 1 saturated carbocycles. The fourth-order valence-corrected chi connectivity index (χ4v) is 2.07. The molecule has 4 heteroatoms. The average Bonchev–Trinajstić information content (AvgIpc) is 3.11. The van der Waals surface area contributed by atoms with E-state index in [4.69, 9.17) is 4.74 Å². The molecule has 0 aliphatic heterocycles. The molecule has 0 N–H and O–H groups in total. The number of hydrogen-bond donors (Lipinski definition) is 0. The van der Waals surface area contributed by atoms with Crippen molar-refractivity contribution < 1.29 is 9.53 Å². The van der Waals surface area contributed by atoms with Gasteiger partial charge in [-0.3, -0.25) is 4.79 Å². The number of pyridine rings is 1. The quantitative estimate of drug-likeness (QED) is 0.776. The van der Waals surface area contributed by atoms with Gasteiger partial charge in [-0.15, -0.1) is 0 Å². The highest BCUT2D eigenvalue weighted by atomic mass is 16.6. The van der Waals surface area contributed by atoms with Gasteiger partial charge in [-0.25, -0.2) is 4.98 Å². The van der Waals surface area contributed by atoms with Crippen LogP contribution in [0.15, 0.2) is 18.3 Å². The second-order valence-corrected chi connectivity index (χ2v) is 6.61. The van der Waals surface area contributed by atoms with Crippen LogP contribution in [0.3, 0.4) is 0 Å². The lowest BCUT2D eigenvalue weighted by molar-refractivity contribution is -0.153. The standard InChI is InChI=1S/C16H24N2O2/c1-16(2,3)20-15(19)9-13-7-8-14(17-10-13)18(4)11-12-5-6-12/h7-8,10,12H,5-6,9,11H2,1-4H3. The molecular formula is C16H24N2O2. The molecule has 1 aliphatic carbocycles. The maximum absolute atomic E-state index is 11.7. The Morgan fingerprint density at radius 2 is 2.10 bits per heavy atom. The number of anilines is 1.